The van der Waals surface area contributed by atoms with Gasteiger partial charge in [0.2, 0.25) is 0 Å². The third-order valence-electron chi connectivity index (χ3n) is 4.61. The molecule has 2 amide bonds. The average Bonchev–Trinajstić information content (AvgIpc) is 2.61. The number of amides is 2. The van der Waals surface area contributed by atoms with Crippen molar-refractivity contribution in [3.05, 3.63) is 24.3 Å². The van der Waals surface area contributed by atoms with Gasteiger partial charge >= 0.3 is 6.03 Å². The van der Waals surface area contributed by atoms with Crippen molar-refractivity contribution >= 4 is 11.7 Å². The van der Waals surface area contributed by atoms with Crippen molar-refractivity contribution in [2.24, 2.45) is 5.92 Å². The van der Waals surface area contributed by atoms with E-state index in [4.69, 9.17) is 0 Å². The van der Waals surface area contributed by atoms with Crippen molar-refractivity contribution in [2.75, 3.05) is 37.7 Å². The maximum Gasteiger partial charge on any atom is 0.317 e. The van der Waals surface area contributed by atoms with Gasteiger partial charge in [0.25, 0.3) is 0 Å². The van der Waals surface area contributed by atoms with E-state index in [1.54, 1.807) is 12.1 Å². The van der Waals surface area contributed by atoms with Crippen molar-refractivity contribution in [1.82, 2.24) is 10.2 Å². The highest BCUT2D eigenvalue weighted by molar-refractivity contribution is 5.75. The average molecular weight is 335 g/mol. The zero-order valence-corrected chi connectivity index (χ0v) is 14.6. The first kappa shape index (κ1) is 18.4. The second kappa shape index (κ2) is 8.78. The molecule has 1 heterocycles. The molecular formula is C18H29N3O3. The summed E-state index contributed by atoms with van der Waals surface area (Å²) in [6.07, 6.45) is 1.64. The van der Waals surface area contributed by atoms with Gasteiger partial charge in [-0.3, -0.25) is 0 Å². The summed E-state index contributed by atoms with van der Waals surface area (Å²) in [7, 11) is 0. The van der Waals surface area contributed by atoms with Crippen molar-refractivity contribution in [3.8, 4) is 5.75 Å². The standard InChI is InChI=1S/C18H29N3O3/c1-3-15(12-14(2)13-22)19-18(24)21-10-8-20(9-11-21)16-6-4-5-7-17(16)23/h4-7,14-15,22-23H,3,8-13H2,1-2H3,(H,19,24)/t14-,15-/m1/s1. The van der Waals surface area contributed by atoms with Gasteiger partial charge in [-0.25, -0.2) is 4.79 Å². The van der Waals surface area contributed by atoms with Crippen LogP contribution < -0.4 is 10.2 Å². The normalized spacial score (nSPS) is 17.5. The van der Waals surface area contributed by atoms with Crippen LogP contribution in [0.5, 0.6) is 5.75 Å². The number of nitrogens with zero attached hydrogens (tertiary/aromatic N) is 2. The highest BCUT2D eigenvalue weighted by Crippen LogP contribution is 2.27. The van der Waals surface area contributed by atoms with Gasteiger partial charge in [-0.15, -0.1) is 0 Å². The van der Waals surface area contributed by atoms with Gasteiger partial charge in [0, 0.05) is 38.8 Å². The van der Waals surface area contributed by atoms with E-state index in [0.717, 1.165) is 18.5 Å². The zero-order valence-electron chi connectivity index (χ0n) is 14.6. The monoisotopic (exact) mass is 335 g/mol. The van der Waals surface area contributed by atoms with Gasteiger partial charge in [-0.2, -0.15) is 0 Å². The Kier molecular flexibility index (Phi) is 6.73. The van der Waals surface area contributed by atoms with Gasteiger partial charge in [-0.05, 0) is 30.9 Å². The molecule has 1 aliphatic rings. The predicted octanol–water partition coefficient (Wildman–Crippen LogP) is 2.02. The van der Waals surface area contributed by atoms with Gasteiger partial charge in [-0.1, -0.05) is 26.0 Å². The molecule has 0 saturated carbocycles. The molecule has 6 nitrogen and oxygen atoms in total. The molecule has 134 valence electrons. The number of carbonyl (C=O) groups excluding carboxylic acids is 1. The lowest BCUT2D eigenvalue weighted by molar-refractivity contribution is 0.181. The van der Waals surface area contributed by atoms with Crippen LogP contribution in [0.25, 0.3) is 0 Å². The van der Waals surface area contributed by atoms with Gasteiger partial charge < -0.3 is 25.3 Å². The van der Waals surface area contributed by atoms with E-state index in [1.165, 1.54) is 0 Å². The number of phenols is 1. The first-order valence-corrected chi connectivity index (χ1v) is 8.74. The Morgan fingerprint density at radius 1 is 1.25 bits per heavy atom. The fourth-order valence-electron chi connectivity index (χ4n) is 3.04. The summed E-state index contributed by atoms with van der Waals surface area (Å²) in [6.45, 7) is 6.85. The molecule has 3 N–H and O–H groups in total. The number of rotatable bonds is 6. The Balaban J connectivity index is 1.85. The van der Waals surface area contributed by atoms with E-state index in [0.29, 0.717) is 26.2 Å². The van der Waals surface area contributed by atoms with Gasteiger partial charge in [0.15, 0.2) is 0 Å². The molecule has 1 fully saturated rings. The fraction of sp³-hybridized carbons (Fsp3) is 0.611. The summed E-state index contributed by atoms with van der Waals surface area (Å²) in [5.41, 5.74) is 0.820. The number of aliphatic hydroxyl groups is 1. The molecule has 0 aliphatic carbocycles. The van der Waals surface area contributed by atoms with Crippen LogP contribution in [-0.2, 0) is 0 Å². The van der Waals surface area contributed by atoms with E-state index in [9.17, 15) is 15.0 Å². The minimum Gasteiger partial charge on any atom is -0.506 e. The fourth-order valence-corrected chi connectivity index (χ4v) is 3.04. The summed E-state index contributed by atoms with van der Waals surface area (Å²) in [6, 6.07) is 7.35. The van der Waals surface area contributed by atoms with Crippen molar-refractivity contribution in [1.29, 1.82) is 0 Å². The first-order chi connectivity index (χ1) is 11.5. The second-order valence-corrected chi connectivity index (χ2v) is 6.54. The SMILES string of the molecule is CC[C@H](C[C@@H](C)CO)NC(=O)N1CCN(c2ccccc2O)CC1. The lowest BCUT2D eigenvalue weighted by Gasteiger charge is -2.37. The number of para-hydroxylation sites is 2. The summed E-state index contributed by atoms with van der Waals surface area (Å²) in [5.74, 6) is 0.465. The minimum atomic E-state index is -0.0380. The molecule has 2 rings (SSSR count). The van der Waals surface area contributed by atoms with E-state index in [-0.39, 0.29) is 30.3 Å². The molecule has 0 unspecified atom stereocenters. The maximum atomic E-state index is 12.4. The van der Waals surface area contributed by atoms with Gasteiger partial charge in [0.1, 0.15) is 5.75 Å². The van der Waals surface area contributed by atoms with Crippen LogP contribution in [0, 0.1) is 5.92 Å². The molecule has 1 saturated heterocycles. The number of phenolic OH excluding ortho intramolecular Hbond substituents is 1. The molecule has 0 bridgehead atoms. The van der Waals surface area contributed by atoms with Crippen LogP contribution in [0.1, 0.15) is 26.7 Å². The number of carbonyl (C=O) groups is 1. The maximum absolute atomic E-state index is 12.4. The number of aromatic hydroxyl groups is 1. The number of hydrogen-bond donors (Lipinski definition) is 3. The zero-order chi connectivity index (χ0) is 17.5. The topological polar surface area (TPSA) is 76.0 Å². The van der Waals surface area contributed by atoms with E-state index in [1.807, 2.05) is 30.9 Å². The molecule has 1 aliphatic heterocycles. The van der Waals surface area contributed by atoms with Crippen LogP contribution in [0.3, 0.4) is 0 Å². The summed E-state index contributed by atoms with van der Waals surface area (Å²) in [4.78, 5) is 16.4. The number of urea groups is 1. The van der Waals surface area contributed by atoms with Gasteiger partial charge in [0.05, 0.1) is 5.69 Å². The Bertz CT molecular complexity index is 530. The van der Waals surface area contributed by atoms with Crippen molar-refractivity contribution in [3.63, 3.8) is 0 Å². The molecule has 0 aromatic heterocycles. The molecule has 24 heavy (non-hydrogen) atoms. The van der Waals surface area contributed by atoms with Crippen LogP contribution in [0.4, 0.5) is 10.5 Å². The Labute approximate surface area is 144 Å². The third kappa shape index (κ3) is 4.77. The first-order valence-electron chi connectivity index (χ1n) is 8.74. The lowest BCUT2D eigenvalue weighted by Crippen LogP contribution is -2.53. The minimum absolute atomic E-state index is 0.0380. The lowest BCUT2D eigenvalue weighted by atomic mass is 10.0. The Morgan fingerprint density at radius 2 is 1.92 bits per heavy atom. The quantitative estimate of drug-likeness (QED) is 0.743. The molecule has 0 radical (unpaired) electrons. The van der Waals surface area contributed by atoms with Crippen molar-refractivity contribution in [2.45, 2.75) is 32.7 Å². The second-order valence-electron chi connectivity index (χ2n) is 6.54. The molecule has 2 atom stereocenters. The molecule has 1 aromatic carbocycles. The highest BCUT2D eigenvalue weighted by atomic mass is 16.3. The van der Waals surface area contributed by atoms with E-state index in [2.05, 4.69) is 10.2 Å². The number of aliphatic hydroxyl groups excluding tert-OH is 1. The summed E-state index contributed by atoms with van der Waals surface area (Å²) >= 11 is 0. The van der Waals surface area contributed by atoms with Crippen LogP contribution in [-0.4, -0.2) is 60.0 Å². The smallest absolute Gasteiger partial charge is 0.317 e. The number of anilines is 1. The number of hydrogen-bond acceptors (Lipinski definition) is 4. The number of benzene rings is 1. The summed E-state index contributed by atoms with van der Waals surface area (Å²) < 4.78 is 0. The Hall–Kier alpha value is -1.95. The number of nitrogens with one attached hydrogen (secondary N) is 1. The predicted molar refractivity (Wildman–Crippen MR) is 95.4 cm³/mol. The number of piperazine rings is 1. The molecule has 6 heteroatoms. The van der Waals surface area contributed by atoms with E-state index >= 15 is 0 Å². The largest absolute Gasteiger partial charge is 0.506 e. The van der Waals surface area contributed by atoms with Crippen LogP contribution in [0.15, 0.2) is 24.3 Å². The molecular weight excluding hydrogens is 306 g/mol. The van der Waals surface area contributed by atoms with E-state index < -0.39 is 0 Å². The summed E-state index contributed by atoms with van der Waals surface area (Å²) in [5, 5.41) is 22.2. The van der Waals surface area contributed by atoms with Crippen LogP contribution >= 0.6 is 0 Å². The molecule has 1 aromatic rings. The van der Waals surface area contributed by atoms with Crippen molar-refractivity contribution < 1.29 is 15.0 Å². The third-order valence-corrected chi connectivity index (χ3v) is 4.61. The Morgan fingerprint density at radius 3 is 2.50 bits per heavy atom. The van der Waals surface area contributed by atoms with Crippen LogP contribution in [0.2, 0.25) is 0 Å². The molecule has 0 spiro atoms. The highest BCUT2D eigenvalue weighted by Gasteiger charge is 2.24.